The fraction of sp³-hybridized carbons (Fsp3) is 0.645. The zero-order valence-corrected chi connectivity index (χ0v) is 28.0. The number of methoxy groups -OCH3 is 1. The molecule has 0 atom stereocenters. The number of ether oxygens (including phenoxy) is 1. The number of fused-ring (bicyclic) bond motifs is 1. The van der Waals surface area contributed by atoms with Crippen molar-refractivity contribution in [2.75, 3.05) is 30.5 Å². The Morgan fingerprint density at radius 1 is 1.00 bits per heavy atom. The van der Waals surface area contributed by atoms with Crippen LogP contribution in [0.4, 0.5) is 10.5 Å². The molecular weight excluding hydrogens is 588 g/mol. The summed E-state index contributed by atoms with van der Waals surface area (Å²) in [5.41, 5.74) is 2.35. The third-order valence-electron chi connectivity index (χ3n) is 7.42. The van der Waals surface area contributed by atoms with E-state index in [2.05, 4.69) is 53.5 Å². The summed E-state index contributed by atoms with van der Waals surface area (Å²) >= 11 is 6.56. The minimum absolute atomic E-state index is 0.0696. The molecule has 2 heterocycles. The molecule has 3 rings (SSSR count). The third-order valence-corrected chi connectivity index (χ3v) is 9.60. The van der Waals surface area contributed by atoms with Gasteiger partial charge in [0.05, 0.1) is 29.9 Å². The zero-order chi connectivity index (χ0) is 31.5. The molecule has 0 aliphatic rings. The SMILES string of the molecule is CCCCCCCCCCCCS(=O)(=O)CCCNC(=O)Nc1ccc(-c2nc3c(Cl)c(C(C)(C)C)[nH]n3n2)c(OC)c1. The predicted octanol–water partition coefficient (Wildman–Crippen LogP) is 7.53. The van der Waals surface area contributed by atoms with Crippen LogP contribution in [0.5, 0.6) is 5.75 Å². The van der Waals surface area contributed by atoms with Gasteiger partial charge in [0.25, 0.3) is 0 Å². The van der Waals surface area contributed by atoms with Crippen LogP contribution in [0.1, 0.15) is 104 Å². The number of nitrogens with one attached hydrogen (secondary N) is 3. The first kappa shape index (κ1) is 34.7. The van der Waals surface area contributed by atoms with Gasteiger partial charge < -0.3 is 15.4 Å². The first-order chi connectivity index (χ1) is 20.4. The van der Waals surface area contributed by atoms with Gasteiger partial charge in [-0.2, -0.15) is 4.63 Å². The van der Waals surface area contributed by atoms with Gasteiger partial charge in [-0.25, -0.2) is 18.2 Å². The molecule has 3 aromatic rings. The number of carbonyl (C=O) groups is 1. The molecule has 3 N–H and O–H groups in total. The van der Waals surface area contributed by atoms with Gasteiger partial charge in [-0.15, -0.1) is 5.10 Å². The van der Waals surface area contributed by atoms with Crippen molar-refractivity contribution in [1.82, 2.24) is 25.1 Å². The zero-order valence-electron chi connectivity index (χ0n) is 26.4. The summed E-state index contributed by atoms with van der Waals surface area (Å²) in [7, 11) is -1.58. The summed E-state index contributed by atoms with van der Waals surface area (Å²) in [6, 6.07) is 4.76. The molecule has 12 heteroatoms. The summed E-state index contributed by atoms with van der Waals surface area (Å²) in [4.78, 5) is 17.0. The van der Waals surface area contributed by atoms with E-state index in [0.717, 1.165) is 18.5 Å². The lowest BCUT2D eigenvalue weighted by Crippen LogP contribution is -2.30. The number of H-pyrrole nitrogens is 1. The number of aromatic amines is 1. The Hall–Kier alpha value is -2.79. The number of unbranched alkanes of at least 4 members (excludes halogenated alkanes) is 9. The van der Waals surface area contributed by atoms with Crippen LogP contribution in [0.25, 0.3) is 17.0 Å². The van der Waals surface area contributed by atoms with E-state index in [0.29, 0.717) is 46.3 Å². The second-order valence-corrected chi connectivity index (χ2v) is 14.9. The van der Waals surface area contributed by atoms with Gasteiger partial charge in [-0.3, -0.25) is 5.10 Å². The topological polar surface area (TPSA) is 130 Å². The van der Waals surface area contributed by atoms with Crippen LogP contribution in [-0.2, 0) is 15.3 Å². The number of benzene rings is 1. The number of nitrogens with zero attached hydrogens (tertiary/aromatic N) is 3. The highest BCUT2D eigenvalue weighted by atomic mass is 35.5. The van der Waals surface area contributed by atoms with Crippen LogP contribution in [-0.4, -0.2) is 59.4 Å². The number of sulfone groups is 1. The van der Waals surface area contributed by atoms with E-state index in [1.54, 1.807) is 22.8 Å². The van der Waals surface area contributed by atoms with Gasteiger partial charge in [0.15, 0.2) is 11.5 Å². The van der Waals surface area contributed by atoms with Crippen molar-refractivity contribution in [1.29, 1.82) is 0 Å². The van der Waals surface area contributed by atoms with Crippen molar-refractivity contribution in [3.05, 3.63) is 28.9 Å². The smallest absolute Gasteiger partial charge is 0.319 e. The van der Waals surface area contributed by atoms with Gasteiger partial charge in [0.2, 0.25) is 0 Å². The quantitative estimate of drug-likeness (QED) is 0.124. The molecule has 0 aliphatic heterocycles. The molecule has 0 saturated heterocycles. The molecule has 0 radical (unpaired) electrons. The Labute approximate surface area is 261 Å². The van der Waals surface area contributed by atoms with Crippen molar-refractivity contribution in [2.45, 2.75) is 104 Å². The maximum Gasteiger partial charge on any atom is 0.319 e. The van der Waals surface area contributed by atoms with Crippen LogP contribution >= 0.6 is 11.6 Å². The van der Waals surface area contributed by atoms with E-state index in [4.69, 9.17) is 16.3 Å². The van der Waals surface area contributed by atoms with Crippen LogP contribution in [0.3, 0.4) is 0 Å². The Morgan fingerprint density at radius 3 is 2.23 bits per heavy atom. The van der Waals surface area contributed by atoms with Crippen molar-refractivity contribution in [2.24, 2.45) is 0 Å². The van der Waals surface area contributed by atoms with Crippen LogP contribution < -0.4 is 15.4 Å². The average Bonchev–Trinajstić information content (AvgIpc) is 3.51. The summed E-state index contributed by atoms with van der Waals surface area (Å²) in [6.07, 6.45) is 12.1. The molecule has 0 aliphatic carbocycles. The standard InChI is InChI=1S/C31H49ClN6O4S/c1-6-7-8-9-10-11-12-13-14-15-20-43(40,41)21-16-19-33-30(39)34-23-17-18-24(25(22-23)42-5)28-35-29-26(32)27(31(2,3)4)36-38(29)37-28/h17-18,22,36H,6-16,19-21H2,1-5H3,(H2,33,34,39). The van der Waals surface area contributed by atoms with Crippen molar-refractivity contribution in [3.8, 4) is 17.1 Å². The molecular formula is C31H49ClN6O4S. The van der Waals surface area contributed by atoms with Gasteiger partial charge >= 0.3 is 6.03 Å². The monoisotopic (exact) mass is 636 g/mol. The Balaban J connectivity index is 1.40. The summed E-state index contributed by atoms with van der Waals surface area (Å²) < 4.78 is 31.8. The predicted molar refractivity (Wildman–Crippen MR) is 175 cm³/mol. The molecule has 0 spiro atoms. The number of aromatic nitrogens is 4. The third kappa shape index (κ3) is 10.7. The highest BCUT2D eigenvalue weighted by molar-refractivity contribution is 7.91. The maximum absolute atomic E-state index is 12.4. The Bertz CT molecular complexity index is 1430. The number of anilines is 1. The highest BCUT2D eigenvalue weighted by Gasteiger charge is 2.25. The molecule has 0 saturated carbocycles. The number of carbonyl (C=O) groups excluding carboxylic acids is 1. The number of rotatable bonds is 18. The van der Waals surface area contributed by atoms with Gasteiger partial charge in [-0.1, -0.05) is 97.1 Å². The molecule has 0 unspecified atom stereocenters. The fourth-order valence-electron chi connectivity index (χ4n) is 4.94. The Morgan fingerprint density at radius 2 is 1.63 bits per heavy atom. The van der Waals surface area contributed by atoms with Gasteiger partial charge in [0, 0.05) is 23.7 Å². The molecule has 240 valence electrons. The lowest BCUT2D eigenvalue weighted by molar-refractivity contribution is 0.252. The number of amides is 2. The maximum atomic E-state index is 12.4. The molecule has 0 fully saturated rings. The molecule has 2 aromatic heterocycles. The molecule has 2 amide bonds. The second kappa shape index (κ2) is 16.3. The molecule has 0 bridgehead atoms. The van der Waals surface area contributed by atoms with E-state index in [9.17, 15) is 13.2 Å². The summed E-state index contributed by atoms with van der Waals surface area (Å²) in [6.45, 7) is 8.65. The van der Waals surface area contributed by atoms with Gasteiger partial charge in [-0.05, 0) is 25.0 Å². The van der Waals surface area contributed by atoms with E-state index in [1.807, 2.05) is 0 Å². The largest absolute Gasteiger partial charge is 0.496 e. The minimum Gasteiger partial charge on any atom is -0.496 e. The normalized spacial score (nSPS) is 12.1. The van der Waals surface area contributed by atoms with E-state index >= 15 is 0 Å². The van der Waals surface area contributed by atoms with E-state index in [1.165, 1.54) is 52.1 Å². The van der Waals surface area contributed by atoms with Crippen LogP contribution in [0.15, 0.2) is 18.2 Å². The van der Waals surface area contributed by atoms with E-state index < -0.39 is 15.9 Å². The number of hydrogen-bond acceptors (Lipinski definition) is 6. The van der Waals surface area contributed by atoms with Crippen LogP contribution in [0, 0.1) is 0 Å². The van der Waals surface area contributed by atoms with Crippen molar-refractivity contribution < 1.29 is 17.9 Å². The summed E-state index contributed by atoms with van der Waals surface area (Å²) in [5.74, 6) is 1.20. The first-order valence-electron chi connectivity index (χ1n) is 15.5. The fourth-order valence-corrected chi connectivity index (χ4v) is 6.82. The lowest BCUT2D eigenvalue weighted by atomic mass is 9.92. The van der Waals surface area contributed by atoms with E-state index in [-0.39, 0.29) is 23.5 Å². The average molecular weight is 637 g/mol. The molecule has 1 aromatic carbocycles. The number of urea groups is 1. The second-order valence-electron chi connectivity index (χ2n) is 12.2. The van der Waals surface area contributed by atoms with Crippen molar-refractivity contribution >= 4 is 38.8 Å². The van der Waals surface area contributed by atoms with Crippen molar-refractivity contribution in [3.63, 3.8) is 0 Å². The Kier molecular flexibility index (Phi) is 13.2. The number of hydrogen-bond donors (Lipinski definition) is 3. The highest BCUT2D eigenvalue weighted by Crippen LogP contribution is 2.34. The summed E-state index contributed by atoms with van der Waals surface area (Å²) in [5, 5.41) is 13.7. The lowest BCUT2D eigenvalue weighted by Gasteiger charge is -2.16. The molecule has 10 nitrogen and oxygen atoms in total. The van der Waals surface area contributed by atoms with Crippen LogP contribution in [0.2, 0.25) is 5.02 Å². The minimum atomic E-state index is -3.12. The first-order valence-corrected chi connectivity index (χ1v) is 17.7. The molecule has 43 heavy (non-hydrogen) atoms. The number of halogens is 1. The van der Waals surface area contributed by atoms with Gasteiger partial charge in [0.1, 0.15) is 20.6 Å².